The van der Waals surface area contributed by atoms with Gasteiger partial charge in [0, 0.05) is 25.3 Å². The molecule has 0 bridgehead atoms. The first-order valence-corrected chi connectivity index (χ1v) is 9.34. The summed E-state index contributed by atoms with van der Waals surface area (Å²) >= 11 is 0. The van der Waals surface area contributed by atoms with Gasteiger partial charge in [-0.05, 0) is 45.0 Å². The fourth-order valence-electron chi connectivity index (χ4n) is 4.26. The Morgan fingerprint density at radius 1 is 0.407 bits per heavy atom. The first kappa shape index (κ1) is 15.9. The Morgan fingerprint density at radius 3 is 1.26 bits per heavy atom. The molecule has 1 aliphatic rings. The molecule has 0 heterocycles. The van der Waals surface area contributed by atoms with E-state index in [-0.39, 0.29) is 0 Å². The molecule has 4 aromatic carbocycles. The van der Waals surface area contributed by atoms with Crippen molar-refractivity contribution < 1.29 is 0 Å². The van der Waals surface area contributed by atoms with E-state index in [9.17, 15) is 0 Å². The minimum absolute atomic E-state index is 1.24. The van der Waals surface area contributed by atoms with Gasteiger partial charge in [-0.1, -0.05) is 84.9 Å². The Kier molecular flexibility index (Phi) is 3.61. The van der Waals surface area contributed by atoms with E-state index >= 15 is 0 Å². The maximum atomic E-state index is 2.26. The van der Waals surface area contributed by atoms with E-state index in [0.29, 0.717) is 0 Å². The highest BCUT2D eigenvalue weighted by Crippen LogP contribution is 2.49. The predicted octanol–water partition coefficient (Wildman–Crippen LogP) is 6.73. The highest BCUT2D eigenvalue weighted by molar-refractivity contribution is 6.06. The molecule has 1 heteroatoms. The first-order chi connectivity index (χ1) is 13.3. The summed E-state index contributed by atoms with van der Waals surface area (Å²) < 4.78 is 0. The Morgan fingerprint density at radius 2 is 0.778 bits per heavy atom. The SMILES string of the molecule is CN(C)c1cccc2c1-c1ccccc1-c1ccccc1-c1ccccc1-2. The lowest BCUT2D eigenvalue weighted by Gasteiger charge is -2.27. The molecule has 5 rings (SSSR count). The summed E-state index contributed by atoms with van der Waals surface area (Å²) in [6.45, 7) is 0. The van der Waals surface area contributed by atoms with Crippen molar-refractivity contribution in [3.05, 3.63) is 91.0 Å². The molecule has 0 saturated carbocycles. The number of anilines is 1. The van der Waals surface area contributed by atoms with E-state index in [1.54, 1.807) is 0 Å². The summed E-state index contributed by atoms with van der Waals surface area (Å²) in [5, 5.41) is 0. The van der Waals surface area contributed by atoms with Gasteiger partial charge in [0.2, 0.25) is 0 Å². The maximum Gasteiger partial charge on any atom is 0.0447 e. The average molecular weight is 347 g/mol. The number of nitrogens with zero attached hydrogens (tertiary/aromatic N) is 1. The highest BCUT2D eigenvalue weighted by Gasteiger charge is 2.23. The zero-order chi connectivity index (χ0) is 18.4. The van der Waals surface area contributed by atoms with E-state index in [1.807, 2.05) is 0 Å². The second-order valence-corrected chi connectivity index (χ2v) is 7.23. The van der Waals surface area contributed by atoms with Gasteiger partial charge in [0.25, 0.3) is 0 Å². The number of fused-ring (bicyclic) bond motifs is 8. The molecule has 1 aliphatic carbocycles. The fraction of sp³-hybridized carbons (Fsp3) is 0.0769. The summed E-state index contributed by atoms with van der Waals surface area (Å²) in [6.07, 6.45) is 0. The predicted molar refractivity (Wildman–Crippen MR) is 116 cm³/mol. The zero-order valence-electron chi connectivity index (χ0n) is 15.6. The van der Waals surface area contributed by atoms with Crippen LogP contribution in [-0.2, 0) is 0 Å². The van der Waals surface area contributed by atoms with E-state index < -0.39 is 0 Å². The topological polar surface area (TPSA) is 3.24 Å². The lowest BCUT2D eigenvalue weighted by molar-refractivity contribution is 1.13. The zero-order valence-corrected chi connectivity index (χ0v) is 15.6. The van der Waals surface area contributed by atoms with Crippen molar-refractivity contribution in [2.45, 2.75) is 0 Å². The number of hydrogen-bond donors (Lipinski definition) is 0. The van der Waals surface area contributed by atoms with Crippen LogP contribution in [0.5, 0.6) is 0 Å². The number of hydrogen-bond acceptors (Lipinski definition) is 1. The van der Waals surface area contributed by atoms with Crippen LogP contribution in [0.1, 0.15) is 0 Å². The molecule has 0 amide bonds. The van der Waals surface area contributed by atoms with E-state index in [1.165, 1.54) is 50.2 Å². The van der Waals surface area contributed by atoms with Gasteiger partial charge < -0.3 is 4.90 Å². The second-order valence-electron chi connectivity index (χ2n) is 7.23. The van der Waals surface area contributed by atoms with Crippen LogP contribution in [0, 0.1) is 0 Å². The minimum Gasteiger partial charge on any atom is -0.377 e. The highest BCUT2D eigenvalue weighted by atomic mass is 15.1. The molecule has 1 nitrogen and oxygen atoms in total. The monoisotopic (exact) mass is 347 g/mol. The molecule has 0 unspecified atom stereocenters. The second kappa shape index (κ2) is 6.14. The quantitative estimate of drug-likeness (QED) is 0.325. The summed E-state index contributed by atoms with van der Waals surface area (Å²) in [5.74, 6) is 0. The van der Waals surface area contributed by atoms with Crippen molar-refractivity contribution in [1.29, 1.82) is 0 Å². The van der Waals surface area contributed by atoms with Crippen molar-refractivity contribution in [1.82, 2.24) is 0 Å². The maximum absolute atomic E-state index is 2.26. The van der Waals surface area contributed by atoms with Gasteiger partial charge in [0.15, 0.2) is 0 Å². The Bertz CT molecular complexity index is 1150. The third-order valence-electron chi connectivity index (χ3n) is 5.45. The van der Waals surface area contributed by atoms with Crippen LogP contribution in [0.3, 0.4) is 0 Å². The third kappa shape index (κ3) is 2.39. The average Bonchev–Trinajstić information content (AvgIpc) is 2.72. The molecular weight excluding hydrogens is 326 g/mol. The molecular formula is C26H21N. The van der Waals surface area contributed by atoms with Gasteiger partial charge in [-0.3, -0.25) is 0 Å². The molecule has 130 valence electrons. The molecule has 0 spiro atoms. The van der Waals surface area contributed by atoms with Crippen LogP contribution in [0.2, 0.25) is 0 Å². The van der Waals surface area contributed by atoms with Gasteiger partial charge in [0.05, 0.1) is 0 Å². The summed E-state index contributed by atoms with van der Waals surface area (Å²) in [5.41, 5.74) is 11.6. The Labute approximate surface area is 160 Å². The molecule has 0 aromatic heterocycles. The van der Waals surface area contributed by atoms with Gasteiger partial charge in [-0.25, -0.2) is 0 Å². The van der Waals surface area contributed by atoms with Crippen molar-refractivity contribution in [3.63, 3.8) is 0 Å². The Balaban J connectivity index is 2.01. The largest absolute Gasteiger partial charge is 0.377 e. The van der Waals surface area contributed by atoms with Crippen LogP contribution < -0.4 is 4.90 Å². The van der Waals surface area contributed by atoms with Gasteiger partial charge in [-0.2, -0.15) is 0 Å². The van der Waals surface area contributed by atoms with Crippen molar-refractivity contribution in [2.75, 3.05) is 19.0 Å². The molecule has 0 radical (unpaired) electrons. The Hall–Kier alpha value is -3.32. The van der Waals surface area contributed by atoms with Crippen molar-refractivity contribution >= 4 is 5.69 Å². The normalized spacial score (nSPS) is 11.3. The number of benzene rings is 4. The van der Waals surface area contributed by atoms with E-state index in [4.69, 9.17) is 0 Å². The third-order valence-corrected chi connectivity index (χ3v) is 5.45. The smallest absolute Gasteiger partial charge is 0.0447 e. The summed E-state index contributed by atoms with van der Waals surface area (Å²) in [4.78, 5) is 2.21. The first-order valence-electron chi connectivity index (χ1n) is 9.34. The van der Waals surface area contributed by atoms with Crippen molar-refractivity contribution in [2.24, 2.45) is 0 Å². The molecule has 0 fully saturated rings. The lowest BCUT2D eigenvalue weighted by atomic mass is 9.80. The van der Waals surface area contributed by atoms with Crippen LogP contribution >= 0.6 is 0 Å². The van der Waals surface area contributed by atoms with Gasteiger partial charge in [0.1, 0.15) is 0 Å². The minimum atomic E-state index is 1.24. The molecule has 4 aromatic rings. The molecule has 0 atom stereocenters. The summed E-state index contributed by atoms with van der Waals surface area (Å²) in [7, 11) is 4.24. The van der Waals surface area contributed by atoms with Crippen LogP contribution in [-0.4, -0.2) is 14.1 Å². The molecule has 27 heavy (non-hydrogen) atoms. The van der Waals surface area contributed by atoms with Crippen LogP contribution in [0.4, 0.5) is 5.69 Å². The number of rotatable bonds is 1. The molecule has 0 saturated heterocycles. The van der Waals surface area contributed by atoms with Crippen molar-refractivity contribution in [3.8, 4) is 44.5 Å². The summed E-state index contributed by atoms with van der Waals surface area (Å²) in [6, 6.07) is 33.0. The standard InChI is InChI=1S/C26H21N/c1-27(2)25-17-9-16-24-22-13-6-5-12-20(22)18-10-3-4-11-19(18)21-14-7-8-15-23(21)26(24)25/h3-17H,1-2H3. The van der Waals surface area contributed by atoms with Crippen LogP contribution in [0.25, 0.3) is 44.5 Å². The molecule has 0 N–H and O–H groups in total. The van der Waals surface area contributed by atoms with E-state index in [0.717, 1.165) is 0 Å². The van der Waals surface area contributed by atoms with Crippen LogP contribution in [0.15, 0.2) is 91.0 Å². The lowest BCUT2D eigenvalue weighted by Crippen LogP contribution is -2.11. The molecule has 0 aliphatic heterocycles. The van der Waals surface area contributed by atoms with Gasteiger partial charge >= 0.3 is 0 Å². The van der Waals surface area contributed by atoms with Gasteiger partial charge in [-0.15, -0.1) is 0 Å². The van der Waals surface area contributed by atoms with E-state index in [2.05, 4.69) is 110 Å². The fourth-order valence-corrected chi connectivity index (χ4v) is 4.26.